The smallest absolute Gasteiger partial charge is 0.386 e. The molecule has 0 spiro atoms. The first kappa shape index (κ1) is 44.7. The molecule has 1 aliphatic heterocycles. The molecule has 2 aromatic heterocycles. The van der Waals surface area contributed by atoms with Gasteiger partial charge in [-0.2, -0.15) is 4.31 Å². The maximum absolute atomic E-state index is 12.6. The van der Waals surface area contributed by atoms with Crippen molar-refractivity contribution in [1.82, 2.24) is 30.2 Å². The van der Waals surface area contributed by atoms with Gasteiger partial charge in [-0.1, -0.05) is 31.7 Å². The average molecular weight is 836 g/mol. The summed E-state index contributed by atoms with van der Waals surface area (Å²) in [4.78, 5) is 86.7. The van der Waals surface area contributed by atoms with Gasteiger partial charge in [-0.3, -0.25) is 32.5 Å². The van der Waals surface area contributed by atoms with Crippen LogP contribution in [-0.2, 0) is 50.7 Å². The van der Waals surface area contributed by atoms with E-state index in [1.807, 2.05) is 0 Å². The van der Waals surface area contributed by atoms with Crippen LogP contribution in [0.1, 0.15) is 33.4 Å². The number of aliphatic hydroxyl groups is 2. The van der Waals surface area contributed by atoms with Crippen LogP contribution in [0.2, 0.25) is 0 Å². The Balaban J connectivity index is 1.52. The van der Waals surface area contributed by atoms with Gasteiger partial charge in [-0.05, 0) is 13.0 Å². The Hall–Kier alpha value is -2.70. The lowest BCUT2D eigenvalue weighted by molar-refractivity contribution is -0.137. The molecule has 1 aliphatic rings. The molecule has 1 fully saturated rings. The Morgan fingerprint density at radius 2 is 1.77 bits per heavy atom. The molecule has 0 bridgehead atoms. The molecule has 28 heteroatoms. The second kappa shape index (κ2) is 18.8. The van der Waals surface area contributed by atoms with Crippen molar-refractivity contribution in [2.75, 3.05) is 37.8 Å². The van der Waals surface area contributed by atoms with Crippen LogP contribution in [0.3, 0.4) is 0 Å². The fraction of sp³-hybridized carbons (Fsp3) is 0.600. The molecule has 24 nitrogen and oxygen atoms in total. The third-order valence-electron chi connectivity index (χ3n) is 7.05. The number of nitrogens with zero attached hydrogens (tertiary/aromatic N) is 4. The first-order valence-electron chi connectivity index (χ1n) is 15.2. The van der Waals surface area contributed by atoms with E-state index in [0.717, 1.165) is 29.0 Å². The number of nitrogens with two attached hydrogens (primary N) is 1. The van der Waals surface area contributed by atoms with Gasteiger partial charge >= 0.3 is 23.5 Å². The molecule has 2 aromatic rings. The normalized spacial score (nSPS) is 22.4. The van der Waals surface area contributed by atoms with Gasteiger partial charge in [0.25, 0.3) is 0 Å². The molecule has 7 atom stereocenters. The Bertz CT molecular complexity index is 1790. The number of thioether (sulfide) groups is 1. The summed E-state index contributed by atoms with van der Waals surface area (Å²) >= 11 is 1.01. The zero-order chi connectivity index (χ0) is 39.8. The molecular formula is C25H40N7O17P3S. The molecule has 0 radical (unpaired) electrons. The quantitative estimate of drug-likeness (QED) is 0.0449. The number of fused-ring (bicyclic) bond motifs is 1. The number of ether oxygens (including phenoxy) is 1. The van der Waals surface area contributed by atoms with E-state index in [9.17, 15) is 57.9 Å². The number of aliphatic hydroxyl groups excluding tert-OH is 2. The average Bonchev–Trinajstić information content (AvgIpc) is 3.61. The Morgan fingerprint density at radius 3 is 2.43 bits per heavy atom. The SMILES string of the molecule is CC=CC(=O)SCCNC(=O)CCNC(=O)[C@@H](O)C(C)(C)COP(=O)(O)OP(=O)(O)OC[C@H]1O[C@@H](n2cnc3c(N)ncnc32)[C@H](O)[C@@H]1OP(=O)(O)O. The van der Waals surface area contributed by atoms with Gasteiger partial charge in [0.05, 0.1) is 19.5 Å². The number of carbonyl (C=O) groups excluding carboxylic acids is 3. The monoisotopic (exact) mass is 835 g/mol. The van der Waals surface area contributed by atoms with Crippen molar-refractivity contribution >= 4 is 69.1 Å². The first-order chi connectivity index (χ1) is 24.6. The zero-order valence-electron chi connectivity index (χ0n) is 28.2. The molecule has 298 valence electrons. The number of hydrogen-bond donors (Lipinski definition) is 9. The number of phosphoric ester groups is 3. The van der Waals surface area contributed by atoms with E-state index in [1.165, 1.54) is 19.9 Å². The Labute approximate surface area is 305 Å². The number of aromatic nitrogens is 4. The number of amides is 2. The van der Waals surface area contributed by atoms with Gasteiger partial charge in [0.1, 0.15) is 36.3 Å². The Morgan fingerprint density at radius 1 is 1.09 bits per heavy atom. The molecule has 1 saturated heterocycles. The molecule has 2 amide bonds. The van der Waals surface area contributed by atoms with Crippen molar-refractivity contribution in [2.24, 2.45) is 5.41 Å². The van der Waals surface area contributed by atoms with Crippen LogP contribution >= 0.6 is 35.2 Å². The second-order valence-electron chi connectivity index (χ2n) is 11.7. The number of imidazole rings is 1. The van der Waals surface area contributed by atoms with Crippen molar-refractivity contribution in [3.63, 3.8) is 0 Å². The van der Waals surface area contributed by atoms with Crippen molar-refractivity contribution in [2.45, 2.75) is 57.8 Å². The van der Waals surface area contributed by atoms with E-state index in [1.54, 1.807) is 13.0 Å². The number of nitrogen functional groups attached to an aromatic ring is 1. The number of nitrogens with one attached hydrogen (secondary N) is 2. The summed E-state index contributed by atoms with van der Waals surface area (Å²) < 4.78 is 61.9. The summed E-state index contributed by atoms with van der Waals surface area (Å²) in [6, 6.07) is 0. The van der Waals surface area contributed by atoms with E-state index in [0.29, 0.717) is 5.75 Å². The number of hydrogen-bond acceptors (Lipinski definition) is 18. The number of allylic oxidation sites excluding steroid dienone is 1. The highest BCUT2D eigenvalue weighted by Crippen LogP contribution is 2.61. The maximum Gasteiger partial charge on any atom is 0.481 e. The predicted octanol–water partition coefficient (Wildman–Crippen LogP) is -0.759. The molecule has 0 aromatic carbocycles. The zero-order valence-corrected chi connectivity index (χ0v) is 31.7. The third kappa shape index (κ3) is 13.5. The molecule has 2 unspecified atom stereocenters. The van der Waals surface area contributed by atoms with Crippen LogP contribution in [0.25, 0.3) is 11.2 Å². The predicted molar refractivity (Wildman–Crippen MR) is 182 cm³/mol. The van der Waals surface area contributed by atoms with E-state index in [-0.39, 0.29) is 41.6 Å². The third-order valence-corrected chi connectivity index (χ3v) is 11.0. The molecule has 3 heterocycles. The largest absolute Gasteiger partial charge is 0.481 e. The molecule has 0 saturated carbocycles. The van der Waals surface area contributed by atoms with E-state index < -0.39 is 84.6 Å². The van der Waals surface area contributed by atoms with Crippen molar-refractivity contribution in [3.8, 4) is 0 Å². The van der Waals surface area contributed by atoms with Crippen LogP contribution < -0.4 is 16.4 Å². The summed E-state index contributed by atoms with van der Waals surface area (Å²) in [5.74, 6) is -1.13. The Kier molecular flexibility index (Phi) is 15.8. The fourth-order valence-electron chi connectivity index (χ4n) is 4.47. The summed E-state index contributed by atoms with van der Waals surface area (Å²) in [6.45, 7) is 2.17. The number of rotatable bonds is 20. The highest BCUT2D eigenvalue weighted by atomic mass is 32.2. The van der Waals surface area contributed by atoms with Crippen molar-refractivity contribution < 1.29 is 80.5 Å². The van der Waals surface area contributed by atoms with Crippen LogP contribution in [0.5, 0.6) is 0 Å². The minimum Gasteiger partial charge on any atom is -0.386 e. The number of phosphoric acid groups is 3. The highest BCUT2D eigenvalue weighted by molar-refractivity contribution is 8.14. The van der Waals surface area contributed by atoms with Gasteiger partial charge in [0.15, 0.2) is 17.7 Å². The first-order valence-corrected chi connectivity index (χ1v) is 20.7. The summed E-state index contributed by atoms with van der Waals surface area (Å²) in [5, 5.41) is 26.1. The second-order valence-corrected chi connectivity index (χ2v) is 17.1. The van der Waals surface area contributed by atoms with Gasteiger partial charge < -0.3 is 50.9 Å². The summed E-state index contributed by atoms with van der Waals surface area (Å²) in [5.41, 5.74) is 4.26. The molecule has 10 N–H and O–H groups in total. The van der Waals surface area contributed by atoms with Gasteiger partial charge in [0, 0.05) is 30.7 Å². The van der Waals surface area contributed by atoms with Gasteiger partial charge in [0.2, 0.25) is 16.9 Å². The lowest BCUT2D eigenvalue weighted by Crippen LogP contribution is -2.46. The van der Waals surface area contributed by atoms with Crippen molar-refractivity contribution in [3.05, 3.63) is 24.8 Å². The van der Waals surface area contributed by atoms with Gasteiger partial charge in [-0.15, -0.1) is 0 Å². The van der Waals surface area contributed by atoms with E-state index >= 15 is 0 Å². The minimum absolute atomic E-state index is 0.0300. The van der Waals surface area contributed by atoms with Crippen LogP contribution in [0, 0.1) is 5.41 Å². The topological polar surface area (TPSA) is 364 Å². The van der Waals surface area contributed by atoms with Crippen LogP contribution in [0.15, 0.2) is 24.8 Å². The van der Waals surface area contributed by atoms with E-state index in [2.05, 4.69) is 34.4 Å². The number of carbonyl (C=O) groups is 3. The summed E-state index contributed by atoms with van der Waals surface area (Å²) in [6.07, 6.45) is -3.94. The maximum atomic E-state index is 12.6. The lowest BCUT2D eigenvalue weighted by atomic mass is 9.87. The van der Waals surface area contributed by atoms with Crippen LogP contribution in [0.4, 0.5) is 5.82 Å². The molecule has 0 aliphatic carbocycles. The number of anilines is 1. The standard InChI is InChI=1S/C25H40N7O17P3S/c1-4-5-16(34)53-9-8-27-15(33)6-7-28-23(37)20(36)25(2,3)11-46-52(43,44)49-51(41,42)45-10-14-19(48-50(38,39)40)18(35)24(47-14)32-13-31-17-21(26)29-12-30-22(17)32/h4-5,12-14,18-20,24,35-36H,6-11H2,1-3H3,(H,27,33)(H,28,37)(H,41,42)(H,43,44)(H2,26,29,30)(H2,38,39,40)/t14-,18-,19-,20-,24-/m1/s1. The molecule has 53 heavy (non-hydrogen) atoms. The fourth-order valence-corrected chi connectivity index (χ4v) is 7.93. The lowest BCUT2D eigenvalue weighted by Gasteiger charge is -2.30. The molecule has 3 rings (SSSR count). The summed E-state index contributed by atoms with van der Waals surface area (Å²) in [7, 11) is -16.4. The molecular weight excluding hydrogens is 795 g/mol. The van der Waals surface area contributed by atoms with Crippen molar-refractivity contribution in [1.29, 1.82) is 0 Å². The highest BCUT2D eigenvalue weighted by Gasteiger charge is 2.50. The van der Waals surface area contributed by atoms with E-state index in [4.69, 9.17) is 19.5 Å². The van der Waals surface area contributed by atoms with Gasteiger partial charge in [-0.25, -0.2) is 28.6 Å². The minimum atomic E-state index is -5.56. The van der Waals surface area contributed by atoms with Crippen LogP contribution in [-0.4, -0.2) is 123 Å².